The van der Waals surface area contributed by atoms with Gasteiger partial charge in [-0.15, -0.1) is 0 Å². The number of carbonyl (C=O) groups is 3. The van der Waals surface area contributed by atoms with Gasteiger partial charge in [0, 0.05) is 13.0 Å². The number of carbonyl (C=O) groups excluding carboxylic acids is 2. The number of aliphatic carboxylic acids is 1. The first-order chi connectivity index (χ1) is 13.9. The van der Waals surface area contributed by atoms with Crippen LogP contribution < -0.4 is 11.1 Å². The average Bonchev–Trinajstić information content (AvgIpc) is 3.37. The van der Waals surface area contributed by atoms with E-state index in [1.165, 1.54) is 11.1 Å². The van der Waals surface area contributed by atoms with Gasteiger partial charge in [0.2, 0.25) is 17.6 Å². The Morgan fingerprint density at radius 1 is 1.34 bits per heavy atom. The van der Waals surface area contributed by atoms with Gasteiger partial charge in [-0.1, -0.05) is 30.3 Å². The van der Waals surface area contributed by atoms with Crippen LogP contribution in [0.25, 0.3) is 0 Å². The van der Waals surface area contributed by atoms with E-state index in [4.69, 9.17) is 10.2 Å². The summed E-state index contributed by atoms with van der Waals surface area (Å²) in [5.41, 5.74) is 6.50. The van der Waals surface area contributed by atoms with Gasteiger partial charge in [-0.3, -0.25) is 9.59 Å². The molecule has 1 fully saturated rings. The maximum atomic E-state index is 12.8. The number of carboxylic acid groups (broad SMARTS) is 1. The van der Waals surface area contributed by atoms with Gasteiger partial charge in [-0.05, 0) is 25.3 Å². The van der Waals surface area contributed by atoms with Crippen molar-refractivity contribution in [2.45, 2.75) is 44.3 Å². The molecule has 1 aliphatic rings. The molecule has 9 nitrogen and oxygen atoms in total. The molecule has 3 rings (SSSR count). The zero-order chi connectivity index (χ0) is 21.0. The van der Waals surface area contributed by atoms with Gasteiger partial charge in [-0.2, -0.15) is 0 Å². The Balaban J connectivity index is 1.69. The first kappa shape index (κ1) is 20.5. The third-order valence-electron chi connectivity index (χ3n) is 4.84. The molecule has 0 unspecified atom stereocenters. The van der Waals surface area contributed by atoms with Crippen LogP contribution in [0.4, 0.5) is 0 Å². The summed E-state index contributed by atoms with van der Waals surface area (Å²) in [6.07, 6.45) is 2.53. The smallest absolute Gasteiger partial charge is 0.326 e. The highest BCUT2D eigenvalue weighted by Gasteiger charge is 2.37. The summed E-state index contributed by atoms with van der Waals surface area (Å²) in [4.78, 5) is 42.5. The summed E-state index contributed by atoms with van der Waals surface area (Å²) in [5, 5.41) is 12.1. The van der Waals surface area contributed by atoms with Crippen LogP contribution in [0.3, 0.4) is 0 Å². The molecule has 0 radical (unpaired) electrons. The number of carboxylic acids is 1. The van der Waals surface area contributed by atoms with Crippen molar-refractivity contribution in [3.05, 3.63) is 53.7 Å². The van der Waals surface area contributed by atoms with Crippen molar-refractivity contribution in [2.75, 3.05) is 6.54 Å². The zero-order valence-corrected chi connectivity index (χ0v) is 16.1. The summed E-state index contributed by atoms with van der Waals surface area (Å²) < 4.78 is 5.39. The lowest BCUT2D eigenvalue weighted by Crippen LogP contribution is -2.51. The van der Waals surface area contributed by atoms with Crippen LogP contribution in [0.1, 0.15) is 47.8 Å². The largest absolute Gasteiger partial charge is 0.480 e. The fraction of sp³-hybridized carbons (Fsp3) is 0.400. The molecule has 2 heterocycles. The number of aromatic nitrogens is 1. The summed E-state index contributed by atoms with van der Waals surface area (Å²) in [5.74, 6) is -1.84. The molecule has 3 atom stereocenters. The highest BCUT2D eigenvalue weighted by Crippen LogP contribution is 2.22. The number of hydrogen-bond acceptors (Lipinski definition) is 6. The van der Waals surface area contributed by atoms with E-state index in [-0.39, 0.29) is 18.1 Å². The Hall–Kier alpha value is -3.20. The van der Waals surface area contributed by atoms with Crippen molar-refractivity contribution in [3.63, 3.8) is 0 Å². The molecule has 0 spiro atoms. The molecular formula is C20H24N4O5. The van der Waals surface area contributed by atoms with Crippen molar-refractivity contribution in [2.24, 2.45) is 5.73 Å². The maximum Gasteiger partial charge on any atom is 0.326 e. The monoisotopic (exact) mass is 400 g/mol. The van der Waals surface area contributed by atoms with Gasteiger partial charge in [0.25, 0.3) is 5.91 Å². The van der Waals surface area contributed by atoms with Gasteiger partial charge >= 0.3 is 5.97 Å². The van der Waals surface area contributed by atoms with Gasteiger partial charge in [0.15, 0.2) is 0 Å². The van der Waals surface area contributed by atoms with Crippen molar-refractivity contribution in [1.29, 1.82) is 0 Å². The Morgan fingerprint density at radius 2 is 2.07 bits per heavy atom. The Kier molecular flexibility index (Phi) is 6.28. The molecule has 9 heteroatoms. The van der Waals surface area contributed by atoms with E-state index in [9.17, 15) is 19.5 Å². The zero-order valence-electron chi connectivity index (χ0n) is 16.1. The SMILES string of the molecule is C[C@H](N)c1ncc(C(=O)N2CCC[C@H]2C(=O)N[C@@H](Cc2ccccc2)C(=O)O)o1. The highest BCUT2D eigenvalue weighted by molar-refractivity contribution is 5.96. The Morgan fingerprint density at radius 3 is 2.69 bits per heavy atom. The second-order valence-electron chi connectivity index (χ2n) is 7.10. The van der Waals surface area contributed by atoms with Crippen molar-refractivity contribution in [3.8, 4) is 0 Å². The maximum absolute atomic E-state index is 12.8. The normalized spacial score (nSPS) is 18.3. The fourth-order valence-corrected chi connectivity index (χ4v) is 3.34. The topological polar surface area (TPSA) is 139 Å². The van der Waals surface area contributed by atoms with Crippen molar-refractivity contribution < 1.29 is 23.9 Å². The predicted octanol–water partition coefficient (Wildman–Crippen LogP) is 1.11. The number of likely N-dealkylation sites (tertiary alicyclic amines) is 1. The molecule has 1 saturated heterocycles. The molecule has 2 amide bonds. The van der Waals surface area contributed by atoms with Gasteiger partial charge in [-0.25, -0.2) is 9.78 Å². The van der Waals surface area contributed by atoms with Crippen LogP contribution >= 0.6 is 0 Å². The number of amides is 2. The molecule has 0 aliphatic carbocycles. The number of nitrogens with two attached hydrogens (primary N) is 1. The molecule has 1 aliphatic heterocycles. The molecule has 1 aromatic carbocycles. The molecule has 29 heavy (non-hydrogen) atoms. The van der Waals surface area contributed by atoms with Gasteiger partial charge in [0.05, 0.1) is 12.2 Å². The summed E-state index contributed by atoms with van der Waals surface area (Å²) >= 11 is 0. The summed E-state index contributed by atoms with van der Waals surface area (Å²) in [6, 6.07) is 6.74. The number of rotatable bonds is 7. The molecule has 2 aromatic rings. The lowest BCUT2D eigenvalue weighted by molar-refractivity contribution is -0.142. The lowest BCUT2D eigenvalue weighted by atomic mass is 10.1. The van der Waals surface area contributed by atoms with E-state index in [0.29, 0.717) is 19.4 Å². The highest BCUT2D eigenvalue weighted by atomic mass is 16.4. The first-order valence-corrected chi connectivity index (χ1v) is 9.46. The Labute approximate surface area is 167 Å². The van der Waals surface area contributed by atoms with E-state index in [2.05, 4.69) is 10.3 Å². The lowest BCUT2D eigenvalue weighted by Gasteiger charge is -2.24. The van der Waals surface area contributed by atoms with Crippen LogP contribution in [0, 0.1) is 0 Å². The number of nitrogens with zero attached hydrogens (tertiary/aromatic N) is 2. The summed E-state index contributed by atoms with van der Waals surface area (Å²) in [6.45, 7) is 2.06. The number of nitrogens with one attached hydrogen (secondary N) is 1. The molecule has 4 N–H and O–H groups in total. The minimum atomic E-state index is -1.13. The quantitative estimate of drug-likeness (QED) is 0.633. The van der Waals surface area contributed by atoms with Gasteiger partial charge < -0.3 is 25.5 Å². The minimum absolute atomic E-state index is 0.0103. The molecule has 0 bridgehead atoms. The van der Waals surface area contributed by atoms with Crippen LogP contribution in [-0.4, -0.2) is 51.4 Å². The van der Waals surface area contributed by atoms with Gasteiger partial charge in [0.1, 0.15) is 12.1 Å². The van der Waals surface area contributed by atoms with Crippen molar-refractivity contribution >= 4 is 17.8 Å². The first-order valence-electron chi connectivity index (χ1n) is 9.46. The summed E-state index contributed by atoms with van der Waals surface area (Å²) in [7, 11) is 0. The molecule has 0 saturated carbocycles. The second kappa shape index (κ2) is 8.87. The van der Waals surface area contributed by atoms with Crippen LogP contribution in [0.15, 0.2) is 40.9 Å². The van der Waals surface area contributed by atoms with Crippen LogP contribution in [0.2, 0.25) is 0 Å². The van der Waals surface area contributed by atoms with Crippen molar-refractivity contribution in [1.82, 2.24) is 15.2 Å². The van der Waals surface area contributed by atoms with E-state index in [1.54, 1.807) is 31.2 Å². The number of oxazole rings is 1. The minimum Gasteiger partial charge on any atom is -0.480 e. The van der Waals surface area contributed by atoms with E-state index >= 15 is 0 Å². The third kappa shape index (κ3) is 4.80. The van der Waals surface area contributed by atoms with E-state index < -0.39 is 35.9 Å². The molecule has 154 valence electrons. The predicted molar refractivity (Wildman–Crippen MR) is 103 cm³/mol. The van der Waals surface area contributed by atoms with E-state index in [1.807, 2.05) is 6.07 Å². The number of hydrogen-bond donors (Lipinski definition) is 3. The second-order valence-corrected chi connectivity index (χ2v) is 7.10. The Bertz CT molecular complexity index is 880. The number of benzene rings is 1. The third-order valence-corrected chi connectivity index (χ3v) is 4.84. The molecular weight excluding hydrogens is 376 g/mol. The fourth-order valence-electron chi connectivity index (χ4n) is 3.34. The average molecular weight is 400 g/mol. The van der Waals surface area contributed by atoms with Crippen LogP contribution in [0.5, 0.6) is 0 Å². The standard InChI is InChI=1S/C20H24N4O5/c1-12(21)18-22-11-16(29-18)19(26)24-9-5-8-15(24)17(25)23-14(20(27)28)10-13-6-3-2-4-7-13/h2-4,6-7,11-12,14-15H,5,8-10,21H2,1H3,(H,23,25)(H,27,28)/t12-,14-,15-/m0/s1. The molecule has 1 aromatic heterocycles. The van der Waals surface area contributed by atoms with Crippen LogP contribution in [-0.2, 0) is 16.0 Å². The van der Waals surface area contributed by atoms with E-state index in [0.717, 1.165) is 5.56 Å².